The molecule has 230 valence electrons. The number of carbonyl (C=O) groups is 2. The molecule has 1 atom stereocenters. The summed E-state index contributed by atoms with van der Waals surface area (Å²) in [4.78, 5) is 25.2. The molecule has 1 unspecified atom stereocenters. The highest BCUT2D eigenvalue weighted by Crippen LogP contribution is 2.38. The number of anilines is 1. The van der Waals surface area contributed by atoms with Crippen LogP contribution in [0.3, 0.4) is 0 Å². The van der Waals surface area contributed by atoms with E-state index in [1.165, 1.54) is 49.6 Å². The van der Waals surface area contributed by atoms with Gasteiger partial charge in [0.2, 0.25) is 0 Å². The molecule has 1 heterocycles. The maximum absolute atomic E-state index is 13.3. The van der Waals surface area contributed by atoms with Gasteiger partial charge in [0.05, 0.1) is 18.8 Å². The van der Waals surface area contributed by atoms with Gasteiger partial charge >= 0.3 is 18.6 Å². The van der Waals surface area contributed by atoms with E-state index in [1.807, 2.05) is 0 Å². The van der Waals surface area contributed by atoms with Crippen molar-refractivity contribution >= 4 is 40.9 Å². The van der Waals surface area contributed by atoms with Crippen LogP contribution in [0.25, 0.3) is 0 Å². The van der Waals surface area contributed by atoms with Crippen LogP contribution >= 0.6 is 23.2 Å². The maximum atomic E-state index is 13.3. The van der Waals surface area contributed by atoms with Gasteiger partial charge in [-0.3, -0.25) is 0 Å². The lowest BCUT2D eigenvalue weighted by atomic mass is 10.0. The van der Waals surface area contributed by atoms with Crippen molar-refractivity contribution in [3.05, 3.63) is 86.8 Å². The van der Waals surface area contributed by atoms with Gasteiger partial charge in [0.15, 0.2) is 23.9 Å². The molecule has 4 rings (SSSR count). The molecule has 10 nitrogen and oxygen atoms in total. The van der Waals surface area contributed by atoms with Gasteiger partial charge in [-0.15, -0.1) is 0 Å². The zero-order chi connectivity index (χ0) is 30.9. The smallest absolute Gasteiger partial charge is 0.387 e. The van der Waals surface area contributed by atoms with E-state index >= 15 is 0 Å². The summed E-state index contributed by atoms with van der Waals surface area (Å²) >= 11 is 12.6. The third-order valence-corrected chi connectivity index (χ3v) is 7.05. The fourth-order valence-electron chi connectivity index (χ4n) is 3.99. The van der Waals surface area contributed by atoms with E-state index in [0.29, 0.717) is 47.2 Å². The quantitative estimate of drug-likeness (QED) is 0.0971. The van der Waals surface area contributed by atoms with E-state index in [-0.39, 0.29) is 33.5 Å². The number of alkyl halides is 2. The summed E-state index contributed by atoms with van der Waals surface area (Å²) < 4.78 is 47.8. The average Bonchev–Trinajstić information content (AvgIpc) is 3.78. The molecule has 2 aromatic carbocycles. The van der Waals surface area contributed by atoms with Gasteiger partial charge in [0.1, 0.15) is 16.1 Å². The molecule has 2 N–H and O–H groups in total. The number of hydrogen-bond acceptors (Lipinski definition) is 7. The second-order valence-corrected chi connectivity index (χ2v) is 10.5. The predicted octanol–water partition coefficient (Wildman–Crippen LogP) is 5.93. The molecule has 1 aliphatic carbocycles. The Hall–Kier alpha value is -3.87. The number of hydrogen-bond donors (Lipinski definition) is 2. The van der Waals surface area contributed by atoms with Crippen LogP contribution in [0, 0.1) is 11.1 Å². The standard InChI is InChI=1S/C29H29Cl2F2N3O7/c1-40-11-10-34-29(38)35-20-7-4-18(5-8-20)27(37)42-25(13-21-22(30)14-36(39)15-23(21)31)19-6-9-24(43-28(32)33)26(12-19)41-16-17-2-3-17/h4-9,12,14-15,17,25,28H,2-3,10-11,13,16H2,1H3,(H2,34,35,38). The number of amides is 2. The third kappa shape index (κ3) is 9.57. The number of nitrogens with zero attached hydrogens (tertiary/aromatic N) is 1. The van der Waals surface area contributed by atoms with E-state index in [9.17, 15) is 23.6 Å². The summed E-state index contributed by atoms with van der Waals surface area (Å²) in [5.74, 6) is -0.502. The average molecular weight is 640 g/mol. The lowest BCUT2D eigenvalue weighted by molar-refractivity contribution is -0.605. The Balaban J connectivity index is 1.58. The third-order valence-electron chi connectivity index (χ3n) is 6.39. The van der Waals surface area contributed by atoms with Gasteiger partial charge in [-0.1, -0.05) is 29.3 Å². The largest absolute Gasteiger partial charge is 0.619 e. The highest BCUT2D eigenvalue weighted by atomic mass is 35.5. The molecule has 3 aromatic rings. The SMILES string of the molecule is COCCNC(=O)Nc1ccc(C(=O)OC(Cc2c(Cl)c[n+]([O-])cc2Cl)c2ccc(OC(F)F)c(OCC3CC3)c2)cc1. The van der Waals surface area contributed by atoms with Gasteiger partial charge in [-0.25, -0.2) is 9.59 Å². The molecule has 1 fully saturated rings. The molecule has 0 spiro atoms. The minimum absolute atomic E-state index is 0.0469. The molecule has 1 aromatic heterocycles. The summed E-state index contributed by atoms with van der Waals surface area (Å²) in [5.41, 5.74) is 1.32. The molecule has 0 radical (unpaired) electrons. The van der Waals surface area contributed by atoms with Crippen LogP contribution in [-0.4, -0.2) is 45.5 Å². The molecule has 0 aliphatic heterocycles. The topological polar surface area (TPSA) is 122 Å². The first-order chi connectivity index (χ1) is 20.6. The summed E-state index contributed by atoms with van der Waals surface area (Å²) in [6.07, 6.45) is 3.09. The van der Waals surface area contributed by atoms with Crippen LogP contribution in [0.4, 0.5) is 19.3 Å². The lowest BCUT2D eigenvalue weighted by Gasteiger charge is -2.21. The highest BCUT2D eigenvalue weighted by molar-refractivity contribution is 6.35. The van der Waals surface area contributed by atoms with E-state index in [2.05, 4.69) is 15.4 Å². The predicted molar refractivity (Wildman–Crippen MR) is 154 cm³/mol. The number of urea groups is 1. The van der Waals surface area contributed by atoms with E-state index in [0.717, 1.165) is 25.2 Å². The first kappa shape index (κ1) is 32.1. The van der Waals surface area contributed by atoms with Crippen LogP contribution < -0.4 is 24.8 Å². The minimum Gasteiger partial charge on any atom is -0.619 e. The Labute approximate surface area is 256 Å². The lowest BCUT2D eigenvalue weighted by Crippen LogP contribution is -2.31. The van der Waals surface area contributed by atoms with E-state index in [1.54, 1.807) is 0 Å². The molecule has 0 saturated heterocycles. The van der Waals surface area contributed by atoms with E-state index < -0.39 is 24.7 Å². The van der Waals surface area contributed by atoms with Crippen molar-refractivity contribution in [2.75, 3.05) is 32.2 Å². The van der Waals surface area contributed by atoms with Crippen LogP contribution in [0.2, 0.25) is 10.0 Å². The van der Waals surface area contributed by atoms with Crippen LogP contribution in [-0.2, 0) is 15.9 Å². The van der Waals surface area contributed by atoms with Crippen molar-refractivity contribution in [1.29, 1.82) is 0 Å². The fraction of sp³-hybridized carbons (Fsp3) is 0.345. The Morgan fingerprint density at radius 2 is 1.77 bits per heavy atom. The van der Waals surface area contributed by atoms with Crippen molar-refractivity contribution in [3.8, 4) is 11.5 Å². The number of pyridine rings is 1. The normalized spacial score (nSPS) is 13.3. The Morgan fingerprint density at radius 1 is 1.07 bits per heavy atom. The molecule has 1 saturated carbocycles. The van der Waals surface area contributed by atoms with Crippen molar-refractivity contribution in [3.63, 3.8) is 0 Å². The summed E-state index contributed by atoms with van der Waals surface area (Å²) in [6, 6.07) is 9.79. The number of nitrogens with one attached hydrogen (secondary N) is 2. The molecule has 2 amide bonds. The van der Waals surface area contributed by atoms with E-state index in [4.69, 9.17) is 37.4 Å². The van der Waals surface area contributed by atoms with Gasteiger partial charge in [-0.2, -0.15) is 13.5 Å². The Bertz CT molecular complexity index is 1400. The zero-order valence-corrected chi connectivity index (χ0v) is 24.5. The number of rotatable bonds is 14. The maximum Gasteiger partial charge on any atom is 0.387 e. The number of halogens is 4. The number of methoxy groups -OCH3 is 1. The van der Waals surface area contributed by atoms with Crippen LogP contribution in [0.1, 0.15) is 40.4 Å². The molecular weight excluding hydrogens is 611 g/mol. The van der Waals surface area contributed by atoms with Crippen molar-refractivity contribution in [2.24, 2.45) is 5.92 Å². The van der Waals surface area contributed by atoms with Crippen molar-refractivity contribution in [1.82, 2.24) is 5.32 Å². The first-order valence-electron chi connectivity index (χ1n) is 13.3. The van der Waals surface area contributed by atoms with Gasteiger partial charge in [0, 0.05) is 31.3 Å². The fourth-order valence-corrected chi connectivity index (χ4v) is 4.59. The molecule has 1 aliphatic rings. The molecule has 43 heavy (non-hydrogen) atoms. The number of aromatic nitrogens is 1. The molecule has 0 bridgehead atoms. The summed E-state index contributed by atoms with van der Waals surface area (Å²) in [5, 5.41) is 17.1. The molecular formula is C29H29Cl2F2N3O7. The second-order valence-electron chi connectivity index (χ2n) is 9.68. The monoisotopic (exact) mass is 639 g/mol. The second kappa shape index (κ2) is 15.0. The zero-order valence-electron chi connectivity index (χ0n) is 23.0. The first-order valence-corrected chi connectivity index (χ1v) is 14.0. The van der Waals surface area contributed by atoms with Gasteiger partial charge in [-0.05, 0) is 60.7 Å². The summed E-state index contributed by atoms with van der Waals surface area (Å²) in [7, 11) is 1.52. The Morgan fingerprint density at radius 3 is 2.40 bits per heavy atom. The van der Waals surface area contributed by atoms with Crippen LogP contribution in [0.5, 0.6) is 11.5 Å². The number of benzene rings is 2. The summed E-state index contributed by atoms with van der Waals surface area (Å²) in [6.45, 7) is -2.08. The highest BCUT2D eigenvalue weighted by Gasteiger charge is 2.26. The number of ether oxygens (including phenoxy) is 4. The number of esters is 1. The van der Waals surface area contributed by atoms with Crippen molar-refractivity contribution in [2.45, 2.75) is 32.0 Å². The van der Waals surface area contributed by atoms with Crippen molar-refractivity contribution < 1.29 is 42.0 Å². The molecule has 14 heteroatoms. The Kier molecular flexibility index (Phi) is 11.2. The van der Waals surface area contributed by atoms with Crippen LogP contribution in [0.15, 0.2) is 54.9 Å². The van der Waals surface area contributed by atoms with Gasteiger partial charge < -0.3 is 34.8 Å². The number of carbonyl (C=O) groups excluding carboxylic acids is 2. The minimum atomic E-state index is -3.07. The van der Waals surface area contributed by atoms with Gasteiger partial charge in [0.25, 0.3) is 0 Å².